The highest BCUT2D eigenvalue weighted by Crippen LogP contribution is 2.50. The van der Waals surface area contributed by atoms with Gasteiger partial charge in [0, 0.05) is 31.4 Å². The van der Waals surface area contributed by atoms with Gasteiger partial charge in [0.25, 0.3) is 0 Å². The largest absolute Gasteiger partial charge is 0.387 e. The fourth-order valence-electron chi connectivity index (χ4n) is 3.18. The summed E-state index contributed by atoms with van der Waals surface area (Å²) in [4.78, 5) is 11.9. The Labute approximate surface area is 121 Å². The van der Waals surface area contributed by atoms with Crippen LogP contribution in [0.3, 0.4) is 0 Å². The molecule has 0 aromatic rings. The quantitative estimate of drug-likeness (QED) is 0.732. The van der Waals surface area contributed by atoms with Gasteiger partial charge in [-0.15, -0.1) is 0 Å². The Bertz CT molecular complexity index is 391. The van der Waals surface area contributed by atoms with E-state index in [4.69, 9.17) is 4.74 Å². The third kappa shape index (κ3) is 2.91. The number of allylic oxidation sites excluding steroid dienone is 2. The molecular formula is C16H27NO3. The summed E-state index contributed by atoms with van der Waals surface area (Å²) in [6.07, 6.45) is 7.59. The van der Waals surface area contributed by atoms with Crippen LogP contribution in [-0.4, -0.2) is 35.9 Å². The van der Waals surface area contributed by atoms with E-state index in [1.54, 1.807) is 0 Å². The molecule has 4 heteroatoms. The second kappa shape index (κ2) is 5.86. The number of ether oxygens (including phenoxy) is 1. The highest BCUT2D eigenvalue weighted by atomic mass is 16.5. The van der Waals surface area contributed by atoms with Crippen molar-refractivity contribution >= 4 is 5.91 Å². The second-order valence-corrected chi connectivity index (χ2v) is 6.65. The van der Waals surface area contributed by atoms with E-state index in [1.165, 1.54) is 0 Å². The van der Waals surface area contributed by atoms with E-state index >= 15 is 0 Å². The molecule has 0 bridgehead atoms. The lowest BCUT2D eigenvalue weighted by Crippen LogP contribution is -2.68. The zero-order valence-corrected chi connectivity index (χ0v) is 12.8. The third-order valence-corrected chi connectivity index (χ3v) is 5.03. The van der Waals surface area contributed by atoms with E-state index in [0.29, 0.717) is 31.9 Å². The molecule has 2 N–H and O–H groups in total. The summed E-state index contributed by atoms with van der Waals surface area (Å²) in [5.41, 5.74) is -1.17. The number of nitrogens with one attached hydrogen (secondary N) is 1. The van der Waals surface area contributed by atoms with Crippen LogP contribution in [0.25, 0.3) is 0 Å². The first-order valence-corrected chi connectivity index (χ1v) is 7.66. The lowest BCUT2D eigenvalue weighted by molar-refractivity contribution is -0.238. The number of carbonyl (C=O) groups is 1. The van der Waals surface area contributed by atoms with E-state index in [0.717, 1.165) is 12.8 Å². The summed E-state index contributed by atoms with van der Waals surface area (Å²) in [6, 6.07) is 0. The van der Waals surface area contributed by atoms with Crippen molar-refractivity contribution in [1.29, 1.82) is 0 Å². The van der Waals surface area contributed by atoms with Crippen molar-refractivity contribution in [1.82, 2.24) is 5.32 Å². The van der Waals surface area contributed by atoms with Crippen LogP contribution in [-0.2, 0) is 9.53 Å². The maximum absolute atomic E-state index is 11.9. The zero-order chi connectivity index (χ0) is 14.8. The van der Waals surface area contributed by atoms with Gasteiger partial charge in [-0.3, -0.25) is 4.79 Å². The first-order chi connectivity index (χ1) is 9.39. The molecule has 3 unspecified atom stereocenters. The summed E-state index contributed by atoms with van der Waals surface area (Å²) < 4.78 is 5.62. The van der Waals surface area contributed by atoms with E-state index in [9.17, 15) is 9.90 Å². The molecule has 0 heterocycles. The zero-order valence-electron chi connectivity index (χ0n) is 12.8. The Morgan fingerprint density at radius 1 is 1.50 bits per heavy atom. The van der Waals surface area contributed by atoms with Crippen LogP contribution < -0.4 is 5.32 Å². The van der Waals surface area contributed by atoms with Gasteiger partial charge in [0.05, 0.1) is 11.7 Å². The van der Waals surface area contributed by atoms with Crippen LogP contribution in [0.5, 0.6) is 0 Å². The minimum atomic E-state index is -0.853. The molecule has 4 nitrogen and oxygen atoms in total. The van der Waals surface area contributed by atoms with Crippen molar-refractivity contribution in [2.45, 2.75) is 58.2 Å². The molecule has 0 spiro atoms. The highest BCUT2D eigenvalue weighted by molar-refractivity contribution is 5.76. The number of aliphatic hydroxyl groups is 1. The first-order valence-electron chi connectivity index (χ1n) is 7.66. The van der Waals surface area contributed by atoms with Crippen LogP contribution in [0.4, 0.5) is 0 Å². The summed E-state index contributed by atoms with van der Waals surface area (Å²) in [6.45, 7) is 6.94. The summed E-state index contributed by atoms with van der Waals surface area (Å²) >= 11 is 0. The van der Waals surface area contributed by atoms with Gasteiger partial charge in [0.2, 0.25) is 5.91 Å². The maximum atomic E-state index is 11.9. The topological polar surface area (TPSA) is 58.6 Å². The second-order valence-electron chi connectivity index (χ2n) is 6.65. The SMILES string of the molecule is CCOC1CC(O)(CNC(=O)CC2C=CCC2)C1(C)C. The predicted molar refractivity (Wildman–Crippen MR) is 78.3 cm³/mol. The van der Waals surface area contributed by atoms with Crippen LogP contribution in [0, 0.1) is 11.3 Å². The number of carbonyl (C=O) groups excluding carboxylic acids is 1. The van der Waals surface area contributed by atoms with Crippen LogP contribution >= 0.6 is 0 Å². The number of amides is 1. The number of rotatable bonds is 6. The highest BCUT2D eigenvalue weighted by Gasteiger charge is 2.59. The van der Waals surface area contributed by atoms with Crippen molar-refractivity contribution in [2.24, 2.45) is 11.3 Å². The smallest absolute Gasteiger partial charge is 0.220 e. The molecular weight excluding hydrogens is 254 g/mol. The Morgan fingerprint density at radius 2 is 2.25 bits per heavy atom. The predicted octanol–water partition coefficient (Wildman–Crippen LogP) is 2.02. The minimum absolute atomic E-state index is 0.0330. The molecule has 1 saturated carbocycles. The van der Waals surface area contributed by atoms with Crippen molar-refractivity contribution in [3.05, 3.63) is 12.2 Å². The van der Waals surface area contributed by atoms with Gasteiger partial charge in [0.15, 0.2) is 0 Å². The number of hydrogen-bond acceptors (Lipinski definition) is 3. The minimum Gasteiger partial charge on any atom is -0.387 e. The Morgan fingerprint density at radius 3 is 2.80 bits per heavy atom. The average molecular weight is 281 g/mol. The van der Waals surface area contributed by atoms with E-state index < -0.39 is 5.60 Å². The molecule has 20 heavy (non-hydrogen) atoms. The Balaban J connectivity index is 1.78. The van der Waals surface area contributed by atoms with Crippen LogP contribution in [0.15, 0.2) is 12.2 Å². The van der Waals surface area contributed by atoms with Crippen LogP contribution in [0.2, 0.25) is 0 Å². The van der Waals surface area contributed by atoms with Gasteiger partial charge in [-0.2, -0.15) is 0 Å². The van der Waals surface area contributed by atoms with Gasteiger partial charge in [0.1, 0.15) is 0 Å². The molecule has 114 valence electrons. The van der Waals surface area contributed by atoms with Gasteiger partial charge in [-0.1, -0.05) is 26.0 Å². The molecule has 0 radical (unpaired) electrons. The molecule has 2 aliphatic rings. The van der Waals surface area contributed by atoms with E-state index in [-0.39, 0.29) is 17.4 Å². The lowest BCUT2D eigenvalue weighted by atomic mass is 9.56. The molecule has 0 aromatic heterocycles. The molecule has 2 rings (SSSR count). The van der Waals surface area contributed by atoms with Crippen molar-refractivity contribution in [3.63, 3.8) is 0 Å². The van der Waals surface area contributed by atoms with Gasteiger partial charge < -0.3 is 15.2 Å². The summed E-state index contributed by atoms with van der Waals surface area (Å²) in [5.74, 6) is 0.404. The Kier molecular flexibility index (Phi) is 4.55. The van der Waals surface area contributed by atoms with Crippen LogP contribution in [0.1, 0.15) is 46.5 Å². The van der Waals surface area contributed by atoms with Gasteiger partial charge >= 0.3 is 0 Å². The standard InChI is InChI=1S/C16H27NO3/c1-4-20-13-10-16(19,15(13,2)3)11-17-14(18)9-12-7-5-6-8-12/h5,7,12-13,19H,4,6,8-11H2,1-3H3,(H,17,18). The average Bonchev–Trinajstić information content (AvgIpc) is 2.89. The van der Waals surface area contributed by atoms with Gasteiger partial charge in [-0.05, 0) is 25.7 Å². The maximum Gasteiger partial charge on any atom is 0.220 e. The van der Waals surface area contributed by atoms with E-state index in [2.05, 4.69) is 17.5 Å². The molecule has 0 saturated heterocycles. The Hall–Kier alpha value is -0.870. The fourth-order valence-corrected chi connectivity index (χ4v) is 3.18. The normalized spacial score (nSPS) is 34.8. The van der Waals surface area contributed by atoms with Crippen molar-refractivity contribution in [2.75, 3.05) is 13.2 Å². The van der Waals surface area contributed by atoms with Crippen molar-refractivity contribution in [3.8, 4) is 0 Å². The van der Waals surface area contributed by atoms with E-state index in [1.807, 2.05) is 20.8 Å². The molecule has 0 aromatic carbocycles. The summed E-state index contributed by atoms with van der Waals surface area (Å²) in [7, 11) is 0. The molecule has 1 amide bonds. The monoisotopic (exact) mass is 281 g/mol. The molecule has 2 aliphatic carbocycles. The first kappa shape index (κ1) is 15.5. The third-order valence-electron chi connectivity index (χ3n) is 5.03. The number of hydrogen-bond donors (Lipinski definition) is 2. The van der Waals surface area contributed by atoms with Gasteiger partial charge in [-0.25, -0.2) is 0 Å². The van der Waals surface area contributed by atoms with Crippen molar-refractivity contribution < 1.29 is 14.6 Å². The molecule has 3 atom stereocenters. The molecule has 0 aliphatic heterocycles. The fraction of sp³-hybridized carbons (Fsp3) is 0.812. The molecule has 1 fully saturated rings. The lowest BCUT2D eigenvalue weighted by Gasteiger charge is -2.57. The summed E-state index contributed by atoms with van der Waals surface area (Å²) in [5, 5.41) is 13.5.